The van der Waals surface area contributed by atoms with Crippen molar-refractivity contribution in [1.29, 1.82) is 0 Å². The van der Waals surface area contributed by atoms with E-state index in [4.69, 9.17) is 16.6 Å². The lowest BCUT2D eigenvalue weighted by Gasteiger charge is -2.11. The third-order valence-corrected chi connectivity index (χ3v) is 4.50. The number of phenols is 2. The number of halogens is 1. The predicted molar refractivity (Wildman–Crippen MR) is 109 cm³/mol. The average molecular weight is 374 g/mol. The molecular weight excluding hydrogens is 358 g/mol. The van der Waals surface area contributed by atoms with E-state index >= 15 is 0 Å². The highest BCUT2D eigenvalue weighted by Crippen LogP contribution is 2.32. The van der Waals surface area contributed by atoms with Gasteiger partial charge < -0.3 is 10.2 Å². The summed E-state index contributed by atoms with van der Waals surface area (Å²) in [5.74, 6) is 0.364. The predicted octanol–water partition coefficient (Wildman–Crippen LogP) is 6.15. The maximum absolute atomic E-state index is 9.84. The summed E-state index contributed by atoms with van der Waals surface area (Å²) in [4.78, 5) is 4.75. The summed E-state index contributed by atoms with van der Waals surface area (Å²) in [6, 6.07) is 25.5. The van der Waals surface area contributed by atoms with Crippen molar-refractivity contribution in [3.05, 3.63) is 90.0 Å². The van der Waals surface area contributed by atoms with Gasteiger partial charge in [0.25, 0.3) is 0 Å². The minimum atomic E-state index is 0.182. The first-order valence-corrected chi connectivity index (χ1v) is 8.83. The summed E-state index contributed by atoms with van der Waals surface area (Å²) in [6.07, 6.45) is 0. The Morgan fingerprint density at radius 1 is 0.556 bits per heavy atom. The van der Waals surface area contributed by atoms with Gasteiger partial charge in [-0.1, -0.05) is 48.0 Å². The van der Waals surface area contributed by atoms with Gasteiger partial charge in [0.15, 0.2) is 0 Å². The van der Waals surface area contributed by atoms with E-state index in [9.17, 15) is 10.2 Å². The van der Waals surface area contributed by atoms with E-state index in [1.54, 1.807) is 36.4 Å². The van der Waals surface area contributed by atoms with Crippen LogP contribution in [0.4, 0.5) is 0 Å². The second-order valence-electron chi connectivity index (χ2n) is 6.24. The van der Waals surface area contributed by atoms with Gasteiger partial charge in [-0.2, -0.15) is 0 Å². The van der Waals surface area contributed by atoms with Crippen molar-refractivity contribution in [3.8, 4) is 45.1 Å². The molecule has 0 saturated heterocycles. The Morgan fingerprint density at radius 3 is 1.59 bits per heavy atom. The molecule has 132 valence electrons. The molecule has 0 spiro atoms. The van der Waals surface area contributed by atoms with Crippen LogP contribution in [0.25, 0.3) is 33.6 Å². The van der Waals surface area contributed by atoms with Crippen molar-refractivity contribution < 1.29 is 10.2 Å². The van der Waals surface area contributed by atoms with Crippen LogP contribution >= 0.6 is 11.6 Å². The minimum Gasteiger partial charge on any atom is -0.508 e. The maximum Gasteiger partial charge on any atom is 0.116 e. The summed E-state index contributed by atoms with van der Waals surface area (Å²) < 4.78 is 0. The molecule has 0 bridgehead atoms. The molecule has 0 unspecified atom stereocenters. The molecular formula is C23H16ClNO2. The van der Waals surface area contributed by atoms with Crippen LogP contribution in [0.5, 0.6) is 11.5 Å². The van der Waals surface area contributed by atoms with E-state index in [0.29, 0.717) is 5.02 Å². The highest BCUT2D eigenvalue weighted by Gasteiger charge is 2.10. The standard InChI is InChI=1S/C23H16ClNO2/c24-19-7-1-4-15(10-19)18-13-22(16-5-2-8-20(26)11-16)25-23(14-18)17-6-3-9-21(27)12-17/h1-14,26-27H. The molecule has 0 fully saturated rings. The molecule has 0 atom stereocenters. The summed E-state index contributed by atoms with van der Waals surface area (Å²) in [6.45, 7) is 0. The van der Waals surface area contributed by atoms with Gasteiger partial charge in [-0.15, -0.1) is 0 Å². The molecule has 27 heavy (non-hydrogen) atoms. The van der Waals surface area contributed by atoms with Crippen molar-refractivity contribution in [2.45, 2.75) is 0 Å². The number of nitrogens with zero attached hydrogens (tertiary/aromatic N) is 1. The number of hydrogen-bond donors (Lipinski definition) is 2. The van der Waals surface area contributed by atoms with Crippen LogP contribution in [0, 0.1) is 0 Å². The molecule has 0 saturated carbocycles. The van der Waals surface area contributed by atoms with Gasteiger partial charge in [0.05, 0.1) is 11.4 Å². The second kappa shape index (κ2) is 7.14. The zero-order chi connectivity index (χ0) is 18.8. The monoisotopic (exact) mass is 373 g/mol. The highest BCUT2D eigenvalue weighted by molar-refractivity contribution is 6.30. The highest BCUT2D eigenvalue weighted by atomic mass is 35.5. The summed E-state index contributed by atoms with van der Waals surface area (Å²) in [5.41, 5.74) is 4.97. The topological polar surface area (TPSA) is 53.4 Å². The third kappa shape index (κ3) is 3.78. The number of aromatic hydroxyl groups is 2. The van der Waals surface area contributed by atoms with Crippen molar-refractivity contribution >= 4 is 11.6 Å². The van der Waals surface area contributed by atoms with E-state index in [-0.39, 0.29) is 11.5 Å². The SMILES string of the molecule is Oc1cccc(-c2cc(-c3cccc(Cl)c3)cc(-c3cccc(O)c3)n2)c1. The van der Waals surface area contributed by atoms with Gasteiger partial charge in [0.2, 0.25) is 0 Å². The summed E-state index contributed by atoms with van der Waals surface area (Å²) in [7, 11) is 0. The molecule has 0 radical (unpaired) electrons. The average Bonchev–Trinajstić information content (AvgIpc) is 2.68. The third-order valence-electron chi connectivity index (χ3n) is 4.27. The molecule has 1 heterocycles. The van der Waals surface area contributed by atoms with Crippen LogP contribution in [0.15, 0.2) is 84.9 Å². The fraction of sp³-hybridized carbons (Fsp3) is 0. The fourth-order valence-corrected chi connectivity index (χ4v) is 3.18. The van der Waals surface area contributed by atoms with Crippen molar-refractivity contribution in [3.63, 3.8) is 0 Å². The molecule has 0 aliphatic carbocycles. The van der Waals surface area contributed by atoms with Crippen LogP contribution in [0.3, 0.4) is 0 Å². The number of pyridine rings is 1. The van der Waals surface area contributed by atoms with Crippen LogP contribution < -0.4 is 0 Å². The van der Waals surface area contributed by atoms with E-state index in [1.165, 1.54) is 0 Å². The zero-order valence-corrected chi connectivity index (χ0v) is 15.1. The lowest BCUT2D eigenvalue weighted by Crippen LogP contribution is -1.91. The first-order valence-electron chi connectivity index (χ1n) is 8.45. The first-order chi connectivity index (χ1) is 13.1. The van der Waals surface area contributed by atoms with Gasteiger partial charge in [0, 0.05) is 16.1 Å². The smallest absolute Gasteiger partial charge is 0.116 e. The normalized spacial score (nSPS) is 10.7. The lowest BCUT2D eigenvalue weighted by atomic mass is 10.00. The Kier molecular flexibility index (Phi) is 4.53. The van der Waals surface area contributed by atoms with Gasteiger partial charge >= 0.3 is 0 Å². The fourth-order valence-electron chi connectivity index (χ4n) is 2.99. The van der Waals surface area contributed by atoms with E-state index in [1.807, 2.05) is 48.5 Å². The summed E-state index contributed by atoms with van der Waals surface area (Å²) >= 11 is 6.17. The second-order valence-corrected chi connectivity index (χ2v) is 6.67. The zero-order valence-electron chi connectivity index (χ0n) is 14.3. The van der Waals surface area contributed by atoms with Gasteiger partial charge in [-0.3, -0.25) is 0 Å². The molecule has 3 aromatic carbocycles. The van der Waals surface area contributed by atoms with Gasteiger partial charge in [-0.25, -0.2) is 4.98 Å². The lowest BCUT2D eigenvalue weighted by molar-refractivity contribution is 0.475. The first kappa shape index (κ1) is 17.1. The van der Waals surface area contributed by atoms with Crippen molar-refractivity contribution in [2.24, 2.45) is 0 Å². The summed E-state index contributed by atoms with van der Waals surface area (Å²) in [5, 5.41) is 20.3. The number of aromatic nitrogens is 1. The van der Waals surface area contributed by atoms with Crippen LogP contribution in [0.2, 0.25) is 5.02 Å². The van der Waals surface area contributed by atoms with Gasteiger partial charge in [-0.05, 0) is 59.7 Å². The molecule has 3 nitrogen and oxygen atoms in total. The van der Waals surface area contributed by atoms with Crippen LogP contribution in [0.1, 0.15) is 0 Å². The van der Waals surface area contributed by atoms with E-state index < -0.39 is 0 Å². The molecule has 2 N–H and O–H groups in total. The Morgan fingerprint density at radius 2 is 1.07 bits per heavy atom. The Balaban J connectivity index is 1.94. The Bertz CT molecular complexity index is 971. The molecule has 4 aromatic rings. The maximum atomic E-state index is 9.84. The van der Waals surface area contributed by atoms with Crippen LogP contribution in [-0.2, 0) is 0 Å². The molecule has 4 rings (SSSR count). The quantitative estimate of drug-likeness (QED) is 0.453. The molecule has 4 heteroatoms. The molecule has 0 amide bonds. The van der Waals surface area contributed by atoms with Crippen molar-refractivity contribution in [1.82, 2.24) is 4.98 Å². The number of hydrogen-bond acceptors (Lipinski definition) is 3. The number of phenolic OH excluding ortho intramolecular Hbond substituents is 2. The molecule has 1 aromatic heterocycles. The van der Waals surface area contributed by atoms with Crippen LogP contribution in [-0.4, -0.2) is 15.2 Å². The van der Waals surface area contributed by atoms with E-state index in [0.717, 1.165) is 33.6 Å². The Labute approximate surface area is 162 Å². The Hall–Kier alpha value is -3.30. The number of benzene rings is 3. The largest absolute Gasteiger partial charge is 0.508 e. The minimum absolute atomic E-state index is 0.182. The molecule has 0 aliphatic rings. The number of rotatable bonds is 3. The molecule has 0 aliphatic heterocycles. The van der Waals surface area contributed by atoms with E-state index in [2.05, 4.69) is 0 Å². The van der Waals surface area contributed by atoms with Gasteiger partial charge in [0.1, 0.15) is 11.5 Å². The van der Waals surface area contributed by atoms with Crippen molar-refractivity contribution in [2.75, 3.05) is 0 Å².